The Morgan fingerprint density at radius 1 is 0.590 bits per heavy atom. The van der Waals surface area contributed by atoms with E-state index in [0.29, 0.717) is 25.7 Å². The molecule has 0 heterocycles. The maximum Gasteiger partial charge on any atom is 0.243 e. The van der Waals surface area contributed by atoms with Crippen LogP contribution < -0.4 is 43.4 Å². The highest BCUT2D eigenvalue weighted by atomic mass is 16.2. The fourth-order valence-corrected chi connectivity index (χ4v) is 3.04. The lowest BCUT2D eigenvalue weighted by molar-refractivity contribution is -0.134. The number of rotatable bonds is 17. The van der Waals surface area contributed by atoms with Gasteiger partial charge in [0.1, 0.15) is 36.5 Å². The lowest BCUT2D eigenvalue weighted by Crippen LogP contribution is -2.58. The molecule has 0 bridgehead atoms. The van der Waals surface area contributed by atoms with E-state index in [1.54, 1.807) is 0 Å². The van der Waals surface area contributed by atoms with Crippen LogP contribution in [0.4, 0.5) is 0 Å². The summed E-state index contributed by atoms with van der Waals surface area (Å²) in [7, 11) is 0. The number of hydrogen-bond donors (Lipinski definition) is 8. The summed E-state index contributed by atoms with van der Waals surface area (Å²) >= 11 is 0. The fourth-order valence-electron chi connectivity index (χ4n) is 3.04. The topological polar surface area (TPSA) is 244 Å². The number of aldehydes is 1. The summed E-state index contributed by atoms with van der Waals surface area (Å²) in [4.78, 5) is 85.0. The van der Waals surface area contributed by atoms with Gasteiger partial charge in [0, 0.05) is 0 Å². The Kier molecular flexibility index (Phi) is 16.2. The molecular weight excluding hydrogens is 512 g/mol. The van der Waals surface area contributed by atoms with Crippen LogP contribution in [0.3, 0.4) is 0 Å². The second kappa shape index (κ2) is 17.8. The minimum atomic E-state index is -1.06. The largest absolute Gasteiger partial charge is 0.345 e. The number of unbranched alkanes of at least 4 members (excludes halogenated alkanes) is 1. The van der Waals surface area contributed by atoms with Gasteiger partial charge < -0.3 is 48.2 Å². The number of nitrogens with one attached hydrogen (secondary N) is 6. The molecule has 0 spiro atoms. The number of hydrogen-bond acceptors (Lipinski definition) is 9. The van der Waals surface area contributed by atoms with Crippen molar-refractivity contribution in [3.05, 3.63) is 0 Å². The maximum atomic E-state index is 12.9. The summed E-state index contributed by atoms with van der Waals surface area (Å²) in [6, 6.07) is -6.61. The highest BCUT2D eigenvalue weighted by Crippen LogP contribution is 2.03. The van der Waals surface area contributed by atoms with Gasteiger partial charge in [-0.1, -0.05) is 0 Å². The highest BCUT2D eigenvalue weighted by Gasteiger charge is 2.28. The SMILES string of the molecule is C[C@H](N)C(=O)N[C@@H](C)C(=O)N[C@@H](C)C(=O)N[C@@H](CCCCN)C(=O)N[C@@H](C)C(=O)N[C@@H](C)C(=O)N[C@@H](C)C=O. The predicted octanol–water partition coefficient (Wildman–Crippen LogP) is -3.33. The van der Waals surface area contributed by atoms with Crippen molar-refractivity contribution < 1.29 is 33.6 Å². The first-order valence-corrected chi connectivity index (χ1v) is 12.9. The zero-order valence-corrected chi connectivity index (χ0v) is 23.5. The zero-order valence-electron chi connectivity index (χ0n) is 23.5. The minimum Gasteiger partial charge on any atom is -0.345 e. The van der Waals surface area contributed by atoms with Crippen LogP contribution in [-0.4, -0.2) is 90.6 Å². The molecule has 0 saturated carbocycles. The molecule has 7 atom stereocenters. The first kappa shape index (κ1) is 35.4. The second-order valence-electron chi connectivity index (χ2n) is 9.49. The molecule has 0 aliphatic rings. The molecule has 0 aromatic rings. The summed E-state index contributed by atoms with van der Waals surface area (Å²) in [5.74, 6) is -3.69. The smallest absolute Gasteiger partial charge is 0.243 e. The van der Waals surface area contributed by atoms with Crippen LogP contribution in [0.2, 0.25) is 0 Å². The molecule has 0 saturated heterocycles. The van der Waals surface area contributed by atoms with Gasteiger partial charge >= 0.3 is 0 Å². The van der Waals surface area contributed by atoms with Gasteiger partial charge in [-0.2, -0.15) is 0 Å². The third-order valence-electron chi connectivity index (χ3n) is 5.58. The first-order chi connectivity index (χ1) is 18.1. The van der Waals surface area contributed by atoms with Crippen LogP contribution in [0.15, 0.2) is 0 Å². The molecule has 15 heteroatoms. The van der Waals surface area contributed by atoms with Crippen molar-refractivity contribution in [2.45, 2.75) is 103 Å². The normalized spacial score (nSPS) is 16.1. The Balaban J connectivity index is 5.16. The van der Waals surface area contributed by atoms with Crippen molar-refractivity contribution >= 4 is 41.7 Å². The summed E-state index contributed by atoms with van der Waals surface area (Å²) in [5.41, 5.74) is 11.0. The molecule has 6 amide bonds. The van der Waals surface area contributed by atoms with E-state index in [1.807, 2.05) is 0 Å². The molecule has 0 aliphatic heterocycles. The predicted molar refractivity (Wildman–Crippen MR) is 143 cm³/mol. The van der Waals surface area contributed by atoms with Crippen molar-refractivity contribution in [3.8, 4) is 0 Å². The highest BCUT2D eigenvalue weighted by molar-refractivity contribution is 5.96. The molecule has 39 heavy (non-hydrogen) atoms. The summed E-state index contributed by atoms with van der Waals surface area (Å²) < 4.78 is 0. The number of carbonyl (C=O) groups is 7. The van der Waals surface area contributed by atoms with Crippen LogP contribution in [0.1, 0.15) is 60.8 Å². The van der Waals surface area contributed by atoms with Crippen molar-refractivity contribution in [2.75, 3.05) is 6.54 Å². The molecule has 10 N–H and O–H groups in total. The fraction of sp³-hybridized carbons (Fsp3) is 0.708. The van der Waals surface area contributed by atoms with E-state index in [2.05, 4.69) is 31.9 Å². The Hall–Kier alpha value is -3.59. The van der Waals surface area contributed by atoms with E-state index in [-0.39, 0.29) is 6.42 Å². The maximum absolute atomic E-state index is 12.9. The van der Waals surface area contributed by atoms with Gasteiger partial charge in [-0.15, -0.1) is 0 Å². The quantitative estimate of drug-likeness (QED) is 0.0658. The van der Waals surface area contributed by atoms with Gasteiger partial charge in [-0.3, -0.25) is 28.8 Å². The minimum absolute atomic E-state index is 0.215. The Bertz CT molecular complexity index is 883. The summed E-state index contributed by atoms with van der Waals surface area (Å²) in [6.45, 7) is 9.00. The average molecular weight is 557 g/mol. The monoisotopic (exact) mass is 556 g/mol. The second-order valence-corrected chi connectivity index (χ2v) is 9.49. The lowest BCUT2D eigenvalue weighted by Gasteiger charge is -2.24. The lowest BCUT2D eigenvalue weighted by atomic mass is 10.1. The van der Waals surface area contributed by atoms with E-state index in [1.165, 1.54) is 41.5 Å². The van der Waals surface area contributed by atoms with Crippen LogP contribution in [0.25, 0.3) is 0 Å². The van der Waals surface area contributed by atoms with Crippen molar-refractivity contribution in [3.63, 3.8) is 0 Å². The van der Waals surface area contributed by atoms with Crippen molar-refractivity contribution in [1.82, 2.24) is 31.9 Å². The van der Waals surface area contributed by atoms with Crippen LogP contribution in [-0.2, 0) is 33.6 Å². The van der Waals surface area contributed by atoms with Gasteiger partial charge in [-0.05, 0) is 67.3 Å². The molecular formula is C24H44N8O7. The van der Waals surface area contributed by atoms with Gasteiger partial charge in [0.2, 0.25) is 35.4 Å². The van der Waals surface area contributed by atoms with Crippen molar-refractivity contribution in [2.24, 2.45) is 11.5 Å². The first-order valence-electron chi connectivity index (χ1n) is 12.9. The number of nitrogens with two attached hydrogens (primary N) is 2. The summed E-state index contributed by atoms with van der Waals surface area (Å²) in [5, 5.41) is 14.8. The average Bonchev–Trinajstić information content (AvgIpc) is 2.87. The van der Waals surface area contributed by atoms with Crippen LogP contribution in [0.5, 0.6) is 0 Å². The molecule has 0 unspecified atom stereocenters. The molecule has 222 valence electrons. The molecule has 0 radical (unpaired) electrons. The molecule has 0 aliphatic carbocycles. The molecule has 0 aromatic heterocycles. The number of amides is 6. The van der Waals surface area contributed by atoms with Gasteiger partial charge in [-0.25, -0.2) is 0 Å². The molecule has 0 fully saturated rings. The van der Waals surface area contributed by atoms with Crippen LogP contribution >= 0.6 is 0 Å². The van der Waals surface area contributed by atoms with Gasteiger partial charge in [0.25, 0.3) is 0 Å². The Morgan fingerprint density at radius 2 is 0.974 bits per heavy atom. The number of carbonyl (C=O) groups excluding carboxylic acids is 7. The third-order valence-corrected chi connectivity index (χ3v) is 5.58. The van der Waals surface area contributed by atoms with Crippen molar-refractivity contribution in [1.29, 1.82) is 0 Å². The van der Waals surface area contributed by atoms with E-state index in [9.17, 15) is 33.6 Å². The standard InChI is InChI=1S/C24H44N8O7/c1-12(11-33)27-20(35)14(3)29-22(37)16(5)31-24(39)18(9-7-8-10-25)32-23(38)17(6)30-21(36)15(4)28-19(34)13(2)26/h11-18H,7-10,25-26H2,1-6H3,(H,27,35)(H,28,34)(H,29,37)(H,30,36)(H,31,39)(H,32,38)/t12-,13-,14-,15-,16-,17-,18-/m0/s1. The molecule has 0 rings (SSSR count). The van der Waals surface area contributed by atoms with Gasteiger partial charge in [0.15, 0.2) is 0 Å². The Morgan fingerprint density at radius 3 is 1.38 bits per heavy atom. The summed E-state index contributed by atoms with van der Waals surface area (Å²) in [6.07, 6.45) is 1.85. The van der Waals surface area contributed by atoms with E-state index in [4.69, 9.17) is 11.5 Å². The van der Waals surface area contributed by atoms with Crippen LogP contribution in [0, 0.1) is 0 Å². The molecule has 0 aromatic carbocycles. The zero-order chi connectivity index (χ0) is 30.3. The van der Waals surface area contributed by atoms with Gasteiger partial charge in [0.05, 0.1) is 12.1 Å². The third kappa shape index (κ3) is 13.7. The van der Waals surface area contributed by atoms with E-state index in [0.717, 1.165) is 0 Å². The van der Waals surface area contributed by atoms with E-state index < -0.39 is 77.7 Å². The van der Waals surface area contributed by atoms with E-state index >= 15 is 0 Å². The Labute approximate surface area is 228 Å². The molecule has 15 nitrogen and oxygen atoms in total.